The molecule has 0 saturated heterocycles. The summed E-state index contributed by atoms with van der Waals surface area (Å²) in [6, 6.07) is 22.3. The van der Waals surface area contributed by atoms with Crippen LogP contribution in [-0.2, 0) is 0 Å². The van der Waals surface area contributed by atoms with Crippen LogP contribution in [0.4, 0.5) is 5.69 Å². The van der Waals surface area contributed by atoms with Gasteiger partial charge in [-0.05, 0) is 84.9 Å². The van der Waals surface area contributed by atoms with Gasteiger partial charge >= 0.3 is 5.97 Å². The van der Waals surface area contributed by atoms with Crippen molar-refractivity contribution in [2.75, 3.05) is 12.4 Å². The van der Waals surface area contributed by atoms with Gasteiger partial charge < -0.3 is 14.8 Å². The van der Waals surface area contributed by atoms with Crippen LogP contribution in [0, 0.1) is 0 Å². The maximum atomic E-state index is 12.6. The Kier molecular flexibility index (Phi) is 9.55. The van der Waals surface area contributed by atoms with Gasteiger partial charge in [-0.25, -0.2) is 10.2 Å². The Balaban J connectivity index is 1.38. The van der Waals surface area contributed by atoms with Gasteiger partial charge in [0.25, 0.3) is 11.8 Å². The predicted octanol–water partition coefficient (Wildman–Crippen LogP) is 7.00. The second-order valence-corrected chi connectivity index (χ2v) is 9.91. The van der Waals surface area contributed by atoms with Crippen LogP contribution in [0.1, 0.15) is 36.6 Å². The highest BCUT2D eigenvalue weighted by Gasteiger charge is 2.13. The number of hydrogen-bond acceptors (Lipinski definition) is 6. The zero-order valence-corrected chi connectivity index (χ0v) is 23.9. The molecule has 0 spiro atoms. The standard InChI is InChI=1S/C29H20BrCl2N3O5/c1-39-23-10-4-18(5-11-23)29(38)40-26-13-6-20(30)14-19(26)16-33-35-27(36)17-2-8-22(9-3-17)34-28(37)24-12-7-21(31)15-25(24)32/h2-16H,1H3,(H,34,37)(H,35,36)/b33-16-. The fraction of sp³-hybridized carbons (Fsp3) is 0.0345. The van der Waals surface area contributed by atoms with Crippen LogP contribution in [0.5, 0.6) is 11.5 Å². The SMILES string of the molecule is COc1ccc(C(=O)Oc2ccc(Br)cc2/C=N\NC(=O)c2ccc(NC(=O)c3ccc(Cl)cc3Cl)cc2)cc1. The van der Waals surface area contributed by atoms with Crippen molar-refractivity contribution in [2.45, 2.75) is 0 Å². The molecule has 0 aliphatic rings. The molecule has 8 nitrogen and oxygen atoms in total. The molecular formula is C29H20BrCl2N3O5. The first-order valence-electron chi connectivity index (χ1n) is 11.6. The minimum atomic E-state index is -0.561. The Hall–Kier alpha value is -4.18. The number of amides is 2. The number of nitrogens with one attached hydrogen (secondary N) is 2. The smallest absolute Gasteiger partial charge is 0.343 e. The number of anilines is 1. The number of nitrogens with zero attached hydrogens (tertiary/aromatic N) is 1. The van der Waals surface area contributed by atoms with Gasteiger partial charge in [0.2, 0.25) is 0 Å². The van der Waals surface area contributed by atoms with Crippen molar-refractivity contribution < 1.29 is 23.9 Å². The van der Waals surface area contributed by atoms with E-state index in [4.69, 9.17) is 32.7 Å². The third kappa shape index (κ3) is 7.47. The fourth-order valence-corrected chi connectivity index (χ4v) is 4.27. The minimum Gasteiger partial charge on any atom is -0.497 e. The first-order valence-corrected chi connectivity index (χ1v) is 13.1. The molecule has 0 aromatic heterocycles. The van der Waals surface area contributed by atoms with Gasteiger partial charge in [0.15, 0.2) is 0 Å². The third-order valence-corrected chi connectivity index (χ3v) is 6.49. The lowest BCUT2D eigenvalue weighted by atomic mass is 10.1. The highest BCUT2D eigenvalue weighted by atomic mass is 79.9. The summed E-state index contributed by atoms with van der Waals surface area (Å²) in [4.78, 5) is 37.7. The van der Waals surface area contributed by atoms with E-state index in [2.05, 4.69) is 31.8 Å². The van der Waals surface area contributed by atoms with E-state index >= 15 is 0 Å². The average molecular weight is 641 g/mol. The molecule has 0 aliphatic heterocycles. The van der Waals surface area contributed by atoms with Gasteiger partial charge in [0.05, 0.1) is 29.5 Å². The zero-order valence-electron chi connectivity index (χ0n) is 20.8. The van der Waals surface area contributed by atoms with Crippen molar-refractivity contribution in [1.82, 2.24) is 5.43 Å². The summed E-state index contributed by atoms with van der Waals surface area (Å²) in [5.41, 5.74) is 4.27. The van der Waals surface area contributed by atoms with Crippen molar-refractivity contribution in [3.05, 3.63) is 122 Å². The number of ether oxygens (including phenoxy) is 2. The normalized spacial score (nSPS) is 10.7. The molecule has 0 heterocycles. The number of halogens is 3. The van der Waals surface area contributed by atoms with E-state index in [0.29, 0.717) is 33.1 Å². The number of esters is 1. The van der Waals surface area contributed by atoms with Gasteiger partial charge in [0.1, 0.15) is 11.5 Å². The molecule has 0 saturated carbocycles. The highest BCUT2D eigenvalue weighted by Crippen LogP contribution is 2.24. The van der Waals surface area contributed by atoms with Crippen LogP contribution >= 0.6 is 39.1 Å². The van der Waals surface area contributed by atoms with Crippen LogP contribution in [0.25, 0.3) is 0 Å². The summed E-state index contributed by atoms with van der Waals surface area (Å²) in [7, 11) is 1.54. The molecule has 0 radical (unpaired) electrons. The summed E-state index contributed by atoms with van der Waals surface area (Å²) < 4.78 is 11.4. The number of rotatable bonds is 8. The molecule has 4 rings (SSSR count). The lowest BCUT2D eigenvalue weighted by Crippen LogP contribution is -2.18. The Morgan fingerprint density at radius 2 is 1.55 bits per heavy atom. The van der Waals surface area contributed by atoms with Crippen LogP contribution in [0.2, 0.25) is 10.0 Å². The van der Waals surface area contributed by atoms with Gasteiger partial charge in [-0.15, -0.1) is 0 Å². The Labute approximate surface area is 248 Å². The maximum absolute atomic E-state index is 12.6. The average Bonchev–Trinajstić information content (AvgIpc) is 2.94. The quantitative estimate of drug-likeness (QED) is 0.0934. The van der Waals surface area contributed by atoms with Crippen molar-refractivity contribution in [3.63, 3.8) is 0 Å². The molecule has 4 aromatic carbocycles. The zero-order chi connectivity index (χ0) is 28.6. The van der Waals surface area contributed by atoms with Crippen molar-refractivity contribution >= 4 is 68.8 Å². The van der Waals surface area contributed by atoms with E-state index in [1.165, 1.54) is 37.6 Å². The first kappa shape index (κ1) is 28.8. The van der Waals surface area contributed by atoms with Crippen molar-refractivity contribution in [3.8, 4) is 11.5 Å². The number of hydrazone groups is 1. The van der Waals surface area contributed by atoms with Gasteiger partial charge in [-0.2, -0.15) is 5.10 Å². The Morgan fingerprint density at radius 3 is 2.23 bits per heavy atom. The minimum absolute atomic E-state index is 0.225. The van der Waals surface area contributed by atoms with E-state index in [0.717, 1.165) is 4.47 Å². The lowest BCUT2D eigenvalue weighted by molar-refractivity contribution is 0.0733. The van der Waals surface area contributed by atoms with E-state index in [9.17, 15) is 14.4 Å². The third-order valence-electron chi connectivity index (χ3n) is 5.45. The molecule has 11 heteroatoms. The number of carbonyl (C=O) groups is 3. The summed E-state index contributed by atoms with van der Waals surface area (Å²) in [5, 5.41) is 7.36. The fourth-order valence-electron chi connectivity index (χ4n) is 3.40. The molecule has 40 heavy (non-hydrogen) atoms. The van der Waals surface area contributed by atoms with E-state index in [-0.39, 0.29) is 16.3 Å². The highest BCUT2D eigenvalue weighted by molar-refractivity contribution is 9.10. The molecular weight excluding hydrogens is 621 g/mol. The largest absolute Gasteiger partial charge is 0.497 e. The van der Waals surface area contributed by atoms with Crippen LogP contribution < -0.4 is 20.2 Å². The Morgan fingerprint density at radius 1 is 0.850 bits per heavy atom. The summed E-state index contributed by atoms with van der Waals surface area (Å²) in [6.07, 6.45) is 1.36. The second-order valence-electron chi connectivity index (χ2n) is 8.15. The number of methoxy groups -OCH3 is 1. The topological polar surface area (TPSA) is 106 Å². The van der Waals surface area contributed by atoms with Crippen LogP contribution in [0.15, 0.2) is 94.5 Å². The summed E-state index contributed by atoms with van der Waals surface area (Å²) in [5.74, 6) is -0.592. The molecule has 0 aliphatic carbocycles. The van der Waals surface area contributed by atoms with E-state index < -0.39 is 17.8 Å². The molecule has 0 unspecified atom stereocenters. The first-order chi connectivity index (χ1) is 19.2. The number of hydrogen-bond donors (Lipinski definition) is 2. The lowest BCUT2D eigenvalue weighted by Gasteiger charge is -2.09. The molecule has 0 bridgehead atoms. The van der Waals surface area contributed by atoms with Crippen molar-refractivity contribution in [2.24, 2.45) is 5.10 Å². The monoisotopic (exact) mass is 639 g/mol. The number of carbonyl (C=O) groups excluding carboxylic acids is 3. The maximum Gasteiger partial charge on any atom is 0.343 e. The molecule has 2 amide bonds. The molecule has 202 valence electrons. The molecule has 4 aromatic rings. The summed E-state index contributed by atoms with van der Waals surface area (Å²) in [6.45, 7) is 0. The van der Waals surface area contributed by atoms with Gasteiger partial charge in [-0.1, -0.05) is 39.1 Å². The molecule has 0 atom stereocenters. The van der Waals surface area contributed by atoms with E-state index in [1.807, 2.05) is 0 Å². The molecule has 0 fully saturated rings. The summed E-state index contributed by atoms with van der Waals surface area (Å²) >= 11 is 15.3. The van der Waals surface area contributed by atoms with Crippen LogP contribution in [-0.4, -0.2) is 31.1 Å². The van der Waals surface area contributed by atoms with Crippen LogP contribution in [0.3, 0.4) is 0 Å². The van der Waals surface area contributed by atoms with Gasteiger partial charge in [-0.3, -0.25) is 9.59 Å². The number of benzene rings is 4. The molecule has 2 N–H and O–H groups in total. The predicted molar refractivity (Wildman–Crippen MR) is 158 cm³/mol. The second kappa shape index (κ2) is 13.3. The van der Waals surface area contributed by atoms with Crippen molar-refractivity contribution in [1.29, 1.82) is 0 Å². The van der Waals surface area contributed by atoms with Gasteiger partial charge in [0, 0.05) is 26.3 Å². The Bertz CT molecular complexity index is 1590. The van der Waals surface area contributed by atoms with E-state index in [1.54, 1.807) is 60.7 Å².